The number of rotatable bonds is 1. The molecule has 1 heterocycles. The van der Waals surface area contributed by atoms with E-state index in [0.29, 0.717) is 4.90 Å². The summed E-state index contributed by atoms with van der Waals surface area (Å²) in [6.45, 7) is -1.21. The number of halogens is 2. The van der Waals surface area contributed by atoms with Gasteiger partial charge < -0.3 is 15.1 Å². The fraction of sp³-hybridized carbons (Fsp3) is 0.714. The second-order valence-electron chi connectivity index (χ2n) is 3.14. The highest BCUT2D eigenvalue weighted by Crippen LogP contribution is 2.32. The molecule has 1 fully saturated rings. The lowest BCUT2D eigenvalue weighted by Crippen LogP contribution is -2.52. The third-order valence-electron chi connectivity index (χ3n) is 2.17. The van der Waals surface area contributed by atoms with Crippen molar-refractivity contribution in [2.75, 3.05) is 13.1 Å². The molecule has 1 aliphatic rings. The van der Waals surface area contributed by atoms with Gasteiger partial charge in [-0.05, 0) is 6.42 Å². The molecule has 0 aromatic carbocycles. The Balaban J connectivity index is 2.75. The molecule has 2 N–H and O–H groups in total. The summed E-state index contributed by atoms with van der Waals surface area (Å²) in [6, 6.07) is 0. The van der Waals surface area contributed by atoms with Crippen LogP contribution in [-0.4, -0.2) is 46.2 Å². The van der Waals surface area contributed by atoms with Crippen molar-refractivity contribution < 1.29 is 28.6 Å². The Bertz CT molecular complexity index is 268. The van der Waals surface area contributed by atoms with Crippen LogP contribution in [0.25, 0.3) is 0 Å². The van der Waals surface area contributed by atoms with Crippen LogP contribution in [0.2, 0.25) is 0 Å². The Morgan fingerprint density at radius 1 is 1.36 bits per heavy atom. The molecule has 0 aromatic heterocycles. The van der Waals surface area contributed by atoms with Gasteiger partial charge in [-0.1, -0.05) is 0 Å². The summed E-state index contributed by atoms with van der Waals surface area (Å²) in [5.74, 6) is -6.85. The van der Waals surface area contributed by atoms with Crippen molar-refractivity contribution in [3.63, 3.8) is 0 Å². The Hall–Kier alpha value is -1.40. The third kappa shape index (κ3) is 1.91. The van der Waals surface area contributed by atoms with Gasteiger partial charge in [0.2, 0.25) is 0 Å². The number of hydrogen-bond acceptors (Lipinski definition) is 2. The van der Waals surface area contributed by atoms with E-state index < -0.39 is 30.4 Å². The van der Waals surface area contributed by atoms with Crippen LogP contribution in [0.5, 0.6) is 0 Å². The van der Waals surface area contributed by atoms with Crippen LogP contribution in [0.3, 0.4) is 0 Å². The summed E-state index contributed by atoms with van der Waals surface area (Å²) in [5.41, 5.74) is 0. The van der Waals surface area contributed by atoms with Crippen molar-refractivity contribution in [2.24, 2.45) is 5.92 Å². The van der Waals surface area contributed by atoms with Crippen molar-refractivity contribution in [2.45, 2.75) is 12.3 Å². The molecule has 0 bridgehead atoms. The first kappa shape index (κ1) is 10.7. The van der Waals surface area contributed by atoms with E-state index in [1.54, 1.807) is 0 Å². The van der Waals surface area contributed by atoms with E-state index in [9.17, 15) is 18.4 Å². The summed E-state index contributed by atoms with van der Waals surface area (Å²) < 4.78 is 26.1. The second-order valence-corrected chi connectivity index (χ2v) is 3.14. The molecule has 80 valence electrons. The fourth-order valence-electron chi connectivity index (χ4n) is 1.41. The first-order valence-corrected chi connectivity index (χ1v) is 3.93. The molecule has 0 radical (unpaired) electrons. The molecule has 0 saturated carbocycles. The SMILES string of the molecule is O=C(O)C1CCN(C(=O)O)CC1(F)F. The molecule has 1 rings (SSSR count). The molecular formula is C7H9F2NO4. The maximum atomic E-state index is 13.0. The van der Waals surface area contributed by atoms with Crippen LogP contribution in [0.15, 0.2) is 0 Å². The number of likely N-dealkylation sites (tertiary alicyclic amines) is 1. The minimum Gasteiger partial charge on any atom is -0.481 e. The van der Waals surface area contributed by atoms with Crippen molar-refractivity contribution >= 4 is 12.1 Å². The van der Waals surface area contributed by atoms with Gasteiger partial charge >= 0.3 is 12.1 Å². The smallest absolute Gasteiger partial charge is 0.407 e. The van der Waals surface area contributed by atoms with Crippen LogP contribution in [0.4, 0.5) is 13.6 Å². The molecule has 0 aromatic rings. The van der Waals surface area contributed by atoms with E-state index in [2.05, 4.69) is 0 Å². The van der Waals surface area contributed by atoms with Crippen molar-refractivity contribution in [3.8, 4) is 0 Å². The number of alkyl halides is 2. The summed E-state index contributed by atoms with van der Waals surface area (Å²) in [4.78, 5) is 21.3. The Morgan fingerprint density at radius 3 is 2.29 bits per heavy atom. The maximum absolute atomic E-state index is 13.0. The number of carbonyl (C=O) groups is 2. The first-order chi connectivity index (χ1) is 6.34. The summed E-state index contributed by atoms with van der Waals surface area (Å²) in [7, 11) is 0. The molecule has 7 heteroatoms. The van der Waals surface area contributed by atoms with E-state index >= 15 is 0 Å². The number of aliphatic carboxylic acids is 1. The standard InChI is InChI=1S/C7H9F2NO4/c8-7(9)3-10(6(13)14)2-1-4(7)5(11)12/h4H,1-3H2,(H,11,12)(H,13,14). The van der Waals surface area contributed by atoms with Gasteiger partial charge in [0.05, 0.1) is 6.54 Å². The topological polar surface area (TPSA) is 77.8 Å². The number of carboxylic acids is 1. The first-order valence-electron chi connectivity index (χ1n) is 3.93. The minimum absolute atomic E-state index is 0.165. The number of carboxylic acid groups (broad SMARTS) is 2. The Kier molecular flexibility index (Phi) is 2.59. The highest BCUT2D eigenvalue weighted by Gasteiger charge is 2.49. The second kappa shape index (κ2) is 3.39. The predicted molar refractivity (Wildman–Crippen MR) is 40.3 cm³/mol. The Labute approximate surface area is 77.9 Å². The van der Waals surface area contributed by atoms with Gasteiger partial charge in [-0.25, -0.2) is 13.6 Å². The molecule has 1 atom stereocenters. The maximum Gasteiger partial charge on any atom is 0.407 e. The van der Waals surface area contributed by atoms with Gasteiger partial charge in [0, 0.05) is 6.54 Å². The molecule has 1 unspecified atom stereocenters. The van der Waals surface area contributed by atoms with Gasteiger partial charge in [0.1, 0.15) is 5.92 Å². The fourth-order valence-corrected chi connectivity index (χ4v) is 1.41. The molecule has 0 aliphatic carbocycles. The minimum atomic E-state index is -3.48. The number of nitrogens with zero attached hydrogens (tertiary/aromatic N) is 1. The average Bonchev–Trinajstić information content (AvgIpc) is 2.01. The van der Waals surface area contributed by atoms with Crippen molar-refractivity contribution in [1.29, 1.82) is 0 Å². The van der Waals surface area contributed by atoms with Gasteiger partial charge in [0.25, 0.3) is 5.92 Å². The normalized spacial score (nSPS) is 25.9. The number of hydrogen-bond donors (Lipinski definition) is 2. The van der Waals surface area contributed by atoms with Crippen LogP contribution < -0.4 is 0 Å². The third-order valence-corrected chi connectivity index (χ3v) is 2.17. The van der Waals surface area contributed by atoms with E-state index in [4.69, 9.17) is 10.2 Å². The summed E-state index contributed by atoms with van der Waals surface area (Å²) in [5, 5.41) is 16.9. The number of amides is 1. The largest absolute Gasteiger partial charge is 0.481 e. The van der Waals surface area contributed by atoms with Crippen molar-refractivity contribution in [1.82, 2.24) is 4.90 Å². The lowest BCUT2D eigenvalue weighted by atomic mass is 9.93. The molecule has 1 amide bonds. The van der Waals surface area contributed by atoms with Gasteiger partial charge in [-0.3, -0.25) is 4.79 Å². The van der Waals surface area contributed by atoms with Gasteiger partial charge in [0.15, 0.2) is 0 Å². The van der Waals surface area contributed by atoms with Crippen LogP contribution in [-0.2, 0) is 4.79 Å². The zero-order valence-electron chi connectivity index (χ0n) is 7.11. The Morgan fingerprint density at radius 2 is 1.93 bits per heavy atom. The lowest BCUT2D eigenvalue weighted by Gasteiger charge is -2.34. The molecular weight excluding hydrogens is 200 g/mol. The van der Waals surface area contributed by atoms with E-state index in [0.717, 1.165) is 0 Å². The van der Waals surface area contributed by atoms with Gasteiger partial charge in [-0.2, -0.15) is 0 Å². The molecule has 1 saturated heterocycles. The predicted octanol–water partition coefficient (Wildman–Crippen LogP) is 0.706. The molecule has 0 spiro atoms. The monoisotopic (exact) mass is 209 g/mol. The summed E-state index contributed by atoms with van der Waals surface area (Å²) >= 11 is 0. The van der Waals surface area contributed by atoms with Crippen molar-refractivity contribution in [3.05, 3.63) is 0 Å². The van der Waals surface area contributed by atoms with E-state index in [-0.39, 0.29) is 13.0 Å². The average molecular weight is 209 g/mol. The molecule has 1 aliphatic heterocycles. The highest BCUT2D eigenvalue weighted by atomic mass is 19.3. The van der Waals surface area contributed by atoms with E-state index in [1.165, 1.54) is 0 Å². The molecule has 5 nitrogen and oxygen atoms in total. The summed E-state index contributed by atoms with van der Waals surface area (Å²) in [6.07, 6.45) is -1.80. The van der Waals surface area contributed by atoms with Crippen LogP contribution in [0.1, 0.15) is 6.42 Å². The van der Waals surface area contributed by atoms with Gasteiger partial charge in [-0.15, -0.1) is 0 Å². The zero-order valence-corrected chi connectivity index (χ0v) is 7.11. The molecule has 14 heavy (non-hydrogen) atoms. The van der Waals surface area contributed by atoms with Crippen LogP contribution in [0, 0.1) is 5.92 Å². The number of piperidine rings is 1. The van der Waals surface area contributed by atoms with Crippen LogP contribution >= 0.6 is 0 Å². The highest BCUT2D eigenvalue weighted by molar-refractivity contribution is 5.72. The van der Waals surface area contributed by atoms with E-state index in [1.807, 2.05) is 0 Å². The lowest BCUT2D eigenvalue weighted by molar-refractivity contribution is -0.165. The zero-order chi connectivity index (χ0) is 10.9. The quantitative estimate of drug-likeness (QED) is 0.666.